The number of amides is 1. The minimum atomic E-state index is -0.531. The molecule has 3 nitrogen and oxygen atoms in total. The molecule has 1 amide bonds. The van der Waals surface area contributed by atoms with Crippen molar-refractivity contribution in [3.63, 3.8) is 0 Å². The summed E-state index contributed by atoms with van der Waals surface area (Å²) in [6.45, 7) is 4.30. The molecule has 2 aromatic carbocycles. The van der Waals surface area contributed by atoms with E-state index in [4.69, 9.17) is 17.2 Å². The number of hydrogen-bond acceptors (Lipinski definition) is 3. The second kappa shape index (κ2) is 7.01. The van der Waals surface area contributed by atoms with E-state index in [2.05, 4.69) is 6.92 Å². The minimum Gasteiger partial charge on any atom is -0.271 e. The normalized spacial score (nSPS) is 25.0. The molecule has 1 aliphatic carbocycles. The number of carbonyl (C=O) groups is 1. The van der Waals surface area contributed by atoms with Crippen molar-refractivity contribution in [2.45, 2.75) is 45.2 Å². The molecule has 4 rings (SSSR count). The first-order chi connectivity index (χ1) is 13.0. The van der Waals surface area contributed by atoms with Crippen LogP contribution >= 0.6 is 12.2 Å². The largest absolute Gasteiger partial charge is 0.271 e. The molecule has 2 aliphatic rings. The van der Waals surface area contributed by atoms with Gasteiger partial charge in [-0.3, -0.25) is 14.7 Å². The van der Waals surface area contributed by atoms with Gasteiger partial charge in [0.05, 0.1) is 0 Å². The van der Waals surface area contributed by atoms with Gasteiger partial charge in [-0.2, -0.15) is 0 Å². The Morgan fingerprint density at radius 3 is 2.33 bits per heavy atom. The van der Waals surface area contributed by atoms with Crippen LogP contribution in [0, 0.1) is 12.8 Å². The summed E-state index contributed by atoms with van der Waals surface area (Å²) >= 11 is 5.80. The van der Waals surface area contributed by atoms with Gasteiger partial charge < -0.3 is 0 Å². The molecule has 0 unspecified atom stereocenters. The van der Waals surface area contributed by atoms with Gasteiger partial charge in [-0.25, -0.2) is 0 Å². The van der Waals surface area contributed by atoms with E-state index in [1.807, 2.05) is 61.5 Å². The summed E-state index contributed by atoms with van der Waals surface area (Å²) in [6.07, 6.45) is 3.85. The zero-order valence-corrected chi connectivity index (χ0v) is 16.6. The van der Waals surface area contributed by atoms with Gasteiger partial charge in [0.25, 0.3) is 5.91 Å². The summed E-state index contributed by atoms with van der Waals surface area (Å²) < 4.78 is 0. The Morgan fingerprint density at radius 1 is 1.07 bits per heavy atom. The number of aryl methyl sites for hydroxylation is 1. The average molecular weight is 377 g/mol. The summed E-state index contributed by atoms with van der Waals surface area (Å²) in [6, 6.07) is 17.7. The van der Waals surface area contributed by atoms with Crippen LogP contribution in [0.3, 0.4) is 0 Å². The fourth-order valence-corrected chi connectivity index (χ4v) is 4.47. The fraction of sp³-hybridized carbons (Fsp3) is 0.348. The lowest BCUT2D eigenvalue weighted by Gasteiger charge is -2.40. The summed E-state index contributed by atoms with van der Waals surface area (Å²) in [7, 11) is 0. The third kappa shape index (κ3) is 3.23. The van der Waals surface area contributed by atoms with Crippen molar-refractivity contribution < 1.29 is 4.79 Å². The molecule has 1 saturated carbocycles. The molecule has 0 radical (unpaired) electrons. The van der Waals surface area contributed by atoms with E-state index >= 15 is 0 Å². The molecule has 1 heterocycles. The molecule has 1 fully saturated rings. The van der Waals surface area contributed by atoms with Crippen molar-refractivity contribution >= 4 is 28.8 Å². The van der Waals surface area contributed by atoms with E-state index in [9.17, 15) is 4.79 Å². The minimum absolute atomic E-state index is 0.0377. The number of aliphatic imine (C=N–C) groups is 1. The average Bonchev–Trinajstić information content (AvgIpc) is 2.97. The van der Waals surface area contributed by atoms with Gasteiger partial charge in [-0.1, -0.05) is 67.2 Å². The van der Waals surface area contributed by atoms with Crippen molar-refractivity contribution in [3.8, 4) is 0 Å². The second-order valence-corrected chi connectivity index (χ2v) is 8.19. The highest BCUT2D eigenvalue weighted by atomic mass is 32.1. The van der Waals surface area contributed by atoms with E-state index in [1.54, 1.807) is 4.90 Å². The molecule has 0 atom stereocenters. The predicted octanol–water partition coefficient (Wildman–Crippen LogP) is 5.17. The number of carbonyl (C=O) groups excluding carboxylic acids is 1. The van der Waals surface area contributed by atoms with Gasteiger partial charge in [-0.15, -0.1) is 0 Å². The fourth-order valence-electron chi connectivity index (χ4n) is 4.05. The van der Waals surface area contributed by atoms with Crippen LogP contribution in [-0.4, -0.2) is 27.2 Å². The summed E-state index contributed by atoms with van der Waals surface area (Å²) in [4.78, 5) is 20.9. The lowest BCUT2D eigenvalue weighted by atomic mass is 9.82. The molecule has 0 saturated heterocycles. The monoisotopic (exact) mass is 376 g/mol. The van der Waals surface area contributed by atoms with Crippen molar-refractivity contribution in [3.05, 3.63) is 71.3 Å². The lowest BCUT2D eigenvalue weighted by Crippen LogP contribution is -2.51. The molecule has 27 heavy (non-hydrogen) atoms. The zero-order chi connectivity index (χ0) is 19.0. The topological polar surface area (TPSA) is 32.7 Å². The van der Waals surface area contributed by atoms with Gasteiger partial charge in [0.2, 0.25) is 0 Å². The SMILES string of the molecule is Cc1ccc(C(=O)N2C(=S)C(c3ccccc3)=NC23CCC(C)CC3)cc1. The van der Waals surface area contributed by atoms with E-state index < -0.39 is 5.66 Å². The van der Waals surface area contributed by atoms with E-state index in [0.29, 0.717) is 16.5 Å². The van der Waals surface area contributed by atoms with Crippen molar-refractivity contribution in [2.24, 2.45) is 10.9 Å². The van der Waals surface area contributed by atoms with E-state index in [1.165, 1.54) is 0 Å². The highest BCUT2D eigenvalue weighted by Gasteiger charge is 2.49. The zero-order valence-electron chi connectivity index (χ0n) is 15.8. The molecule has 0 N–H and O–H groups in total. The molecular weight excluding hydrogens is 352 g/mol. The Bertz CT molecular complexity index is 894. The standard InChI is InChI=1S/C23H24N2OS/c1-16-8-10-19(11-9-16)21(26)25-22(27)20(18-6-4-3-5-7-18)24-23(25)14-12-17(2)13-15-23/h3-11,17H,12-15H2,1-2H3. The van der Waals surface area contributed by atoms with Crippen LogP contribution in [-0.2, 0) is 0 Å². The number of nitrogens with zero attached hydrogens (tertiary/aromatic N) is 2. The highest BCUT2D eigenvalue weighted by Crippen LogP contribution is 2.42. The molecule has 138 valence electrons. The van der Waals surface area contributed by atoms with Crippen LogP contribution in [0.5, 0.6) is 0 Å². The number of rotatable bonds is 2. The number of hydrogen-bond donors (Lipinski definition) is 0. The third-order valence-corrected chi connectivity index (χ3v) is 6.14. The number of benzene rings is 2. The first-order valence-electron chi connectivity index (χ1n) is 9.61. The Balaban J connectivity index is 1.76. The van der Waals surface area contributed by atoms with Crippen molar-refractivity contribution in [2.75, 3.05) is 0 Å². The Hall–Kier alpha value is -2.33. The maximum Gasteiger partial charge on any atom is 0.260 e. The van der Waals surface area contributed by atoms with Crippen LogP contribution in [0.4, 0.5) is 0 Å². The van der Waals surface area contributed by atoms with Crippen LogP contribution in [0.25, 0.3) is 0 Å². The third-order valence-electron chi connectivity index (χ3n) is 5.77. The van der Waals surface area contributed by atoms with E-state index in [0.717, 1.165) is 42.5 Å². The molecule has 1 spiro atoms. The van der Waals surface area contributed by atoms with Gasteiger partial charge in [0.1, 0.15) is 16.4 Å². The molecular formula is C23H24N2OS. The highest BCUT2D eigenvalue weighted by molar-refractivity contribution is 7.82. The van der Waals surface area contributed by atoms with Crippen molar-refractivity contribution in [1.82, 2.24) is 4.90 Å². The Morgan fingerprint density at radius 2 is 1.70 bits per heavy atom. The lowest BCUT2D eigenvalue weighted by molar-refractivity contribution is 0.0613. The first kappa shape index (κ1) is 18.1. The maximum absolute atomic E-state index is 13.5. The van der Waals surface area contributed by atoms with Gasteiger partial charge >= 0.3 is 0 Å². The Labute approximate surface area is 166 Å². The maximum atomic E-state index is 13.5. The molecule has 4 heteroatoms. The van der Waals surface area contributed by atoms with Crippen LogP contribution < -0.4 is 0 Å². The molecule has 0 aromatic heterocycles. The van der Waals surface area contributed by atoms with Crippen LogP contribution in [0.2, 0.25) is 0 Å². The molecule has 1 aliphatic heterocycles. The quantitative estimate of drug-likeness (QED) is 0.677. The van der Waals surface area contributed by atoms with Crippen LogP contribution in [0.1, 0.15) is 54.1 Å². The smallest absolute Gasteiger partial charge is 0.260 e. The molecule has 2 aromatic rings. The summed E-state index contributed by atoms with van der Waals surface area (Å²) in [5.74, 6) is 0.626. The Kier molecular flexibility index (Phi) is 4.68. The van der Waals surface area contributed by atoms with Gasteiger partial charge in [-0.05, 0) is 50.7 Å². The molecule has 0 bridgehead atoms. The predicted molar refractivity (Wildman–Crippen MR) is 113 cm³/mol. The first-order valence-corrected chi connectivity index (χ1v) is 10.0. The number of thiocarbonyl (C=S) groups is 1. The van der Waals surface area contributed by atoms with E-state index in [-0.39, 0.29) is 5.91 Å². The summed E-state index contributed by atoms with van der Waals surface area (Å²) in [5, 5.41) is 0. The van der Waals surface area contributed by atoms with Gasteiger partial charge in [0, 0.05) is 11.1 Å². The van der Waals surface area contributed by atoms with Crippen molar-refractivity contribution in [1.29, 1.82) is 0 Å². The van der Waals surface area contributed by atoms with Crippen LogP contribution in [0.15, 0.2) is 59.6 Å². The summed E-state index contributed by atoms with van der Waals surface area (Å²) in [5.41, 5.74) is 3.04. The second-order valence-electron chi connectivity index (χ2n) is 7.80. The van der Waals surface area contributed by atoms with Gasteiger partial charge in [0.15, 0.2) is 0 Å².